The van der Waals surface area contributed by atoms with Gasteiger partial charge >= 0.3 is 0 Å². The van der Waals surface area contributed by atoms with Gasteiger partial charge < -0.3 is 15.4 Å². The minimum absolute atomic E-state index is 0.0549. The number of carbonyl (C=O) groups is 2. The number of amides is 2. The first-order chi connectivity index (χ1) is 10.8. The molecule has 5 nitrogen and oxygen atoms in total. The number of halogens is 2. The lowest BCUT2D eigenvalue weighted by Crippen LogP contribution is -2.53. The van der Waals surface area contributed by atoms with Crippen molar-refractivity contribution in [2.75, 3.05) is 20.2 Å². The van der Waals surface area contributed by atoms with Crippen molar-refractivity contribution in [1.29, 1.82) is 0 Å². The number of hydrogen-bond donors (Lipinski definition) is 1. The summed E-state index contributed by atoms with van der Waals surface area (Å²) in [6.45, 7) is 1.02. The molecule has 0 aromatic heterocycles. The van der Waals surface area contributed by atoms with Crippen molar-refractivity contribution in [1.82, 2.24) is 4.90 Å². The second kappa shape index (κ2) is 7.11. The number of methoxy groups -OCH3 is 1. The quantitative estimate of drug-likeness (QED) is 0.838. The van der Waals surface area contributed by atoms with E-state index in [1.807, 2.05) is 0 Å². The van der Waals surface area contributed by atoms with E-state index in [1.165, 1.54) is 0 Å². The molecular formula is C16H26F2N2O3. The molecule has 2 fully saturated rings. The van der Waals surface area contributed by atoms with Crippen LogP contribution in [0.5, 0.6) is 0 Å². The van der Waals surface area contributed by atoms with Crippen LogP contribution in [0.1, 0.15) is 51.4 Å². The fraction of sp³-hybridized carbons (Fsp3) is 0.875. The molecule has 1 saturated carbocycles. The van der Waals surface area contributed by atoms with Crippen molar-refractivity contribution in [3.8, 4) is 0 Å². The summed E-state index contributed by atoms with van der Waals surface area (Å²) in [5.74, 6) is -3.39. The van der Waals surface area contributed by atoms with E-state index in [4.69, 9.17) is 10.5 Å². The van der Waals surface area contributed by atoms with Crippen molar-refractivity contribution >= 4 is 11.8 Å². The standard InChI is InChI=1S/C16H26F2N2O3/c1-23-15(7-5-13(19)21)6-2-10-20(11-15)14(22)12-3-8-16(17,18)9-4-12/h12H,2-11H2,1H3,(H2,19,21). The Bertz CT molecular complexity index is 449. The molecular weight excluding hydrogens is 306 g/mol. The van der Waals surface area contributed by atoms with Crippen LogP contribution in [0.2, 0.25) is 0 Å². The highest BCUT2D eigenvalue weighted by Gasteiger charge is 2.42. The van der Waals surface area contributed by atoms with Gasteiger partial charge in [-0.15, -0.1) is 0 Å². The zero-order valence-electron chi connectivity index (χ0n) is 13.7. The molecule has 1 aliphatic carbocycles. The molecule has 1 heterocycles. The Kier molecular flexibility index (Phi) is 5.60. The summed E-state index contributed by atoms with van der Waals surface area (Å²) in [5, 5.41) is 0. The van der Waals surface area contributed by atoms with Crippen LogP contribution < -0.4 is 5.73 Å². The van der Waals surface area contributed by atoms with Gasteiger partial charge in [-0.2, -0.15) is 0 Å². The molecule has 1 unspecified atom stereocenters. The third-order valence-corrected chi connectivity index (χ3v) is 5.18. The van der Waals surface area contributed by atoms with Crippen molar-refractivity contribution in [3.63, 3.8) is 0 Å². The molecule has 0 radical (unpaired) electrons. The summed E-state index contributed by atoms with van der Waals surface area (Å²) in [5.41, 5.74) is 4.66. The number of primary amides is 1. The number of piperidine rings is 1. The van der Waals surface area contributed by atoms with Crippen LogP contribution in [0.15, 0.2) is 0 Å². The smallest absolute Gasteiger partial charge is 0.248 e. The minimum atomic E-state index is -2.63. The predicted molar refractivity (Wildman–Crippen MR) is 80.9 cm³/mol. The lowest BCUT2D eigenvalue weighted by molar-refractivity contribution is -0.149. The van der Waals surface area contributed by atoms with Gasteiger partial charge in [-0.1, -0.05) is 0 Å². The van der Waals surface area contributed by atoms with Crippen LogP contribution in [0.25, 0.3) is 0 Å². The maximum Gasteiger partial charge on any atom is 0.248 e. The molecule has 0 spiro atoms. The minimum Gasteiger partial charge on any atom is -0.376 e. The molecule has 2 aliphatic rings. The van der Waals surface area contributed by atoms with Crippen LogP contribution in [0.3, 0.4) is 0 Å². The molecule has 2 amide bonds. The number of hydrogen-bond acceptors (Lipinski definition) is 3. The molecule has 7 heteroatoms. The summed E-state index contributed by atoms with van der Waals surface area (Å²) >= 11 is 0. The molecule has 1 aliphatic heterocycles. The molecule has 0 aromatic carbocycles. The van der Waals surface area contributed by atoms with E-state index in [9.17, 15) is 18.4 Å². The Hall–Kier alpha value is -1.24. The second-order valence-corrected chi connectivity index (χ2v) is 6.85. The Morgan fingerprint density at radius 1 is 1.26 bits per heavy atom. The SMILES string of the molecule is COC1(CCC(N)=O)CCCN(C(=O)C2CCC(F)(F)CC2)C1. The van der Waals surface area contributed by atoms with E-state index >= 15 is 0 Å². The highest BCUT2D eigenvalue weighted by Crippen LogP contribution is 2.38. The average Bonchev–Trinajstić information content (AvgIpc) is 2.52. The van der Waals surface area contributed by atoms with E-state index < -0.39 is 11.5 Å². The molecule has 2 N–H and O–H groups in total. The van der Waals surface area contributed by atoms with E-state index in [-0.39, 0.29) is 49.8 Å². The van der Waals surface area contributed by atoms with Gasteiger partial charge in [0.25, 0.3) is 0 Å². The van der Waals surface area contributed by atoms with Crippen molar-refractivity contribution in [2.45, 2.75) is 62.9 Å². The van der Waals surface area contributed by atoms with Crippen molar-refractivity contribution < 1.29 is 23.1 Å². The van der Waals surface area contributed by atoms with E-state index in [0.29, 0.717) is 19.5 Å². The van der Waals surface area contributed by atoms with Crippen molar-refractivity contribution in [2.24, 2.45) is 11.7 Å². The second-order valence-electron chi connectivity index (χ2n) is 6.85. The Morgan fingerprint density at radius 2 is 1.91 bits per heavy atom. The average molecular weight is 332 g/mol. The number of nitrogens with zero attached hydrogens (tertiary/aromatic N) is 1. The molecule has 2 rings (SSSR count). The van der Waals surface area contributed by atoms with Crippen LogP contribution in [-0.2, 0) is 14.3 Å². The third-order valence-electron chi connectivity index (χ3n) is 5.18. The lowest BCUT2D eigenvalue weighted by atomic mass is 9.83. The molecule has 23 heavy (non-hydrogen) atoms. The maximum absolute atomic E-state index is 13.2. The highest BCUT2D eigenvalue weighted by molar-refractivity contribution is 5.79. The van der Waals surface area contributed by atoms with Crippen LogP contribution in [-0.4, -0.2) is 48.4 Å². The van der Waals surface area contributed by atoms with Crippen LogP contribution >= 0.6 is 0 Å². The Labute approximate surface area is 135 Å². The van der Waals surface area contributed by atoms with Gasteiger partial charge in [0.1, 0.15) is 0 Å². The summed E-state index contributed by atoms with van der Waals surface area (Å²) in [4.78, 5) is 25.4. The van der Waals surface area contributed by atoms with Gasteiger partial charge in [-0.05, 0) is 32.1 Å². The monoisotopic (exact) mass is 332 g/mol. The third kappa shape index (κ3) is 4.62. The molecule has 132 valence electrons. The summed E-state index contributed by atoms with van der Waals surface area (Å²) in [6.07, 6.45) is 2.29. The fourth-order valence-electron chi connectivity index (χ4n) is 3.66. The highest BCUT2D eigenvalue weighted by atomic mass is 19.3. The zero-order valence-corrected chi connectivity index (χ0v) is 13.7. The largest absolute Gasteiger partial charge is 0.376 e. The number of ether oxygens (including phenoxy) is 1. The Balaban J connectivity index is 1.96. The van der Waals surface area contributed by atoms with Gasteiger partial charge in [-0.25, -0.2) is 8.78 Å². The maximum atomic E-state index is 13.2. The number of rotatable bonds is 5. The van der Waals surface area contributed by atoms with E-state index in [2.05, 4.69) is 0 Å². The summed E-state index contributed by atoms with van der Waals surface area (Å²) in [6, 6.07) is 0. The molecule has 0 aromatic rings. The number of likely N-dealkylation sites (tertiary alicyclic amines) is 1. The van der Waals surface area contributed by atoms with Crippen molar-refractivity contribution in [3.05, 3.63) is 0 Å². The zero-order chi connectivity index (χ0) is 17.1. The summed E-state index contributed by atoms with van der Waals surface area (Å²) < 4.78 is 32.1. The molecule has 1 atom stereocenters. The topological polar surface area (TPSA) is 72.6 Å². The first-order valence-electron chi connectivity index (χ1n) is 8.27. The van der Waals surface area contributed by atoms with Crippen LogP contribution in [0.4, 0.5) is 8.78 Å². The first-order valence-corrected chi connectivity index (χ1v) is 8.27. The lowest BCUT2D eigenvalue weighted by Gasteiger charge is -2.43. The van der Waals surface area contributed by atoms with E-state index in [1.54, 1.807) is 12.0 Å². The summed E-state index contributed by atoms with van der Waals surface area (Å²) in [7, 11) is 1.58. The number of nitrogens with two attached hydrogens (primary N) is 1. The Morgan fingerprint density at radius 3 is 2.48 bits per heavy atom. The van der Waals surface area contributed by atoms with Gasteiger partial charge in [0, 0.05) is 45.4 Å². The van der Waals surface area contributed by atoms with E-state index in [0.717, 1.165) is 12.8 Å². The molecule has 1 saturated heterocycles. The predicted octanol–water partition coefficient (Wildman–Crippen LogP) is 2.08. The van der Waals surface area contributed by atoms with Gasteiger partial charge in [-0.3, -0.25) is 9.59 Å². The van der Waals surface area contributed by atoms with Gasteiger partial charge in [0.2, 0.25) is 17.7 Å². The number of carbonyl (C=O) groups excluding carboxylic acids is 2. The van der Waals surface area contributed by atoms with Gasteiger partial charge in [0.15, 0.2) is 0 Å². The fourth-order valence-corrected chi connectivity index (χ4v) is 3.66. The normalized spacial score (nSPS) is 28.6. The van der Waals surface area contributed by atoms with Gasteiger partial charge in [0.05, 0.1) is 5.60 Å². The first kappa shape index (κ1) is 18.1. The number of alkyl halides is 2. The molecule has 0 bridgehead atoms. The van der Waals surface area contributed by atoms with Crippen LogP contribution in [0, 0.1) is 5.92 Å².